The van der Waals surface area contributed by atoms with Gasteiger partial charge in [-0.2, -0.15) is 0 Å². The van der Waals surface area contributed by atoms with E-state index in [0.717, 1.165) is 35.6 Å². The molecule has 0 amide bonds. The molecule has 0 atom stereocenters. The summed E-state index contributed by atoms with van der Waals surface area (Å²) in [6.45, 7) is 0.849. The molecule has 2 aromatic rings. The molecule has 5 rings (SSSR count). The van der Waals surface area contributed by atoms with Crippen molar-refractivity contribution in [2.75, 3.05) is 18.0 Å². The van der Waals surface area contributed by atoms with Gasteiger partial charge >= 0.3 is 230 Å². The molecular formula is C32H52N3O2P. The second-order valence-corrected chi connectivity index (χ2v) is 18.0. The fourth-order valence-electron chi connectivity index (χ4n) is 9.04. The van der Waals surface area contributed by atoms with Gasteiger partial charge in [0.1, 0.15) is 0 Å². The average molecular weight is 542 g/mol. The predicted octanol–water partition coefficient (Wildman–Crippen LogP) is 7.94. The van der Waals surface area contributed by atoms with Crippen LogP contribution in [0.1, 0.15) is 122 Å². The third-order valence-corrected chi connectivity index (χ3v) is 18.3. The fourth-order valence-corrected chi connectivity index (χ4v) is 17.6. The van der Waals surface area contributed by atoms with E-state index < -0.39 is 7.26 Å². The third-order valence-electron chi connectivity index (χ3n) is 10.8. The predicted molar refractivity (Wildman–Crippen MR) is 166 cm³/mol. The van der Waals surface area contributed by atoms with Crippen molar-refractivity contribution in [2.45, 2.75) is 139 Å². The van der Waals surface area contributed by atoms with Gasteiger partial charge in [0.05, 0.1) is 0 Å². The standard InChI is InChI=1S/C32H52N3O2P/c36-31-28-21-14-22-29(30(28)32(37)35-34-31)33-23-12-1-2-13-24-38(25-15-6-3-7-16-25,26-17-8-4-9-18-26)27-19-10-5-11-20-27/h14,21-22,25-27,33,38H,1-13,15-20,23-24H2,(H,34,36)(H,35,37). The quantitative estimate of drug-likeness (QED) is 0.200. The maximum absolute atomic E-state index is 12.3. The summed E-state index contributed by atoms with van der Waals surface area (Å²) in [5, 5.41) is 9.27. The Morgan fingerprint density at radius 3 is 1.76 bits per heavy atom. The molecular weight excluding hydrogens is 489 g/mol. The summed E-state index contributed by atoms with van der Waals surface area (Å²) in [5.74, 6) is 0. The first kappa shape index (κ1) is 27.9. The van der Waals surface area contributed by atoms with Gasteiger partial charge in [-0.15, -0.1) is 0 Å². The van der Waals surface area contributed by atoms with E-state index in [4.69, 9.17) is 0 Å². The first-order chi connectivity index (χ1) is 18.7. The van der Waals surface area contributed by atoms with Crippen LogP contribution in [0.2, 0.25) is 0 Å². The number of nitrogens with one attached hydrogen (secondary N) is 3. The normalized spacial score (nSPS) is 21.1. The zero-order valence-corrected chi connectivity index (χ0v) is 24.6. The van der Waals surface area contributed by atoms with Crippen LogP contribution in [0.3, 0.4) is 0 Å². The van der Waals surface area contributed by atoms with Gasteiger partial charge in [0.15, 0.2) is 0 Å². The molecule has 3 saturated carbocycles. The van der Waals surface area contributed by atoms with Crippen LogP contribution in [0.15, 0.2) is 27.8 Å². The number of aromatic nitrogens is 2. The Balaban J connectivity index is 1.19. The number of hydrogen-bond donors (Lipinski definition) is 3. The molecule has 3 fully saturated rings. The molecule has 5 nitrogen and oxygen atoms in total. The molecule has 1 heterocycles. The van der Waals surface area contributed by atoms with Crippen molar-refractivity contribution in [3.63, 3.8) is 0 Å². The van der Waals surface area contributed by atoms with Crippen LogP contribution >= 0.6 is 7.26 Å². The fraction of sp³-hybridized carbons (Fsp3) is 0.750. The number of unbranched alkanes of at least 4 members (excludes halogenated alkanes) is 3. The summed E-state index contributed by atoms with van der Waals surface area (Å²) >= 11 is 0. The van der Waals surface area contributed by atoms with Crippen molar-refractivity contribution in [2.24, 2.45) is 0 Å². The topological polar surface area (TPSA) is 77.8 Å². The number of aromatic amines is 2. The first-order valence-corrected chi connectivity index (χ1v) is 18.6. The summed E-state index contributed by atoms with van der Waals surface area (Å²) in [6, 6.07) is 5.48. The minimum absolute atomic E-state index is 0.239. The van der Waals surface area contributed by atoms with Crippen molar-refractivity contribution in [1.82, 2.24) is 10.2 Å². The summed E-state index contributed by atoms with van der Waals surface area (Å²) < 4.78 is 0. The number of hydrogen-bond acceptors (Lipinski definition) is 3. The molecule has 1 aromatic heterocycles. The van der Waals surface area contributed by atoms with Crippen molar-refractivity contribution in [3.05, 3.63) is 38.9 Å². The van der Waals surface area contributed by atoms with E-state index in [-0.39, 0.29) is 11.1 Å². The second-order valence-electron chi connectivity index (χ2n) is 12.8. The molecule has 1 aromatic carbocycles. The number of rotatable bonds is 11. The molecule has 3 aliphatic rings. The van der Waals surface area contributed by atoms with Crippen LogP contribution in [-0.4, -0.2) is 39.9 Å². The zero-order valence-electron chi connectivity index (χ0n) is 23.6. The molecule has 0 aliphatic heterocycles. The van der Waals surface area contributed by atoms with Gasteiger partial charge in [0.2, 0.25) is 0 Å². The van der Waals surface area contributed by atoms with E-state index in [1.165, 1.54) is 77.0 Å². The van der Waals surface area contributed by atoms with E-state index in [1.807, 2.05) is 12.1 Å². The molecule has 6 heteroatoms. The van der Waals surface area contributed by atoms with E-state index in [9.17, 15) is 9.59 Å². The Kier molecular flexibility index (Phi) is 10.0. The zero-order chi connectivity index (χ0) is 26.2. The number of H-pyrrole nitrogens is 2. The summed E-state index contributed by atoms with van der Waals surface area (Å²) in [7, 11) is -1.34. The molecule has 0 saturated heterocycles. The van der Waals surface area contributed by atoms with E-state index >= 15 is 0 Å². The average Bonchev–Trinajstić information content (AvgIpc) is 2.98. The van der Waals surface area contributed by atoms with Crippen LogP contribution in [0.4, 0.5) is 5.69 Å². The van der Waals surface area contributed by atoms with Crippen molar-refractivity contribution < 1.29 is 0 Å². The van der Waals surface area contributed by atoms with Crippen molar-refractivity contribution in [3.8, 4) is 0 Å². The van der Waals surface area contributed by atoms with E-state index in [0.29, 0.717) is 10.8 Å². The second kappa shape index (κ2) is 13.6. The summed E-state index contributed by atoms with van der Waals surface area (Å²) in [6.07, 6.45) is 29.7. The van der Waals surface area contributed by atoms with Gasteiger partial charge in [-0.25, -0.2) is 0 Å². The van der Waals surface area contributed by atoms with Crippen molar-refractivity contribution >= 4 is 23.7 Å². The first-order valence-electron chi connectivity index (χ1n) is 16.2. The van der Waals surface area contributed by atoms with Crippen LogP contribution in [0.25, 0.3) is 10.8 Å². The third kappa shape index (κ3) is 6.24. The van der Waals surface area contributed by atoms with Crippen LogP contribution < -0.4 is 16.4 Å². The molecule has 0 radical (unpaired) electrons. The van der Waals surface area contributed by atoms with Crippen molar-refractivity contribution in [1.29, 1.82) is 0 Å². The van der Waals surface area contributed by atoms with Crippen LogP contribution in [0.5, 0.6) is 0 Å². The number of benzene rings is 1. The van der Waals surface area contributed by atoms with Gasteiger partial charge in [-0.1, -0.05) is 0 Å². The molecule has 0 spiro atoms. The molecule has 212 valence electrons. The Labute approximate surface area is 229 Å². The molecule has 3 aliphatic carbocycles. The Bertz CT molecular complexity index is 1080. The Morgan fingerprint density at radius 1 is 0.658 bits per heavy atom. The van der Waals surface area contributed by atoms with Gasteiger partial charge < -0.3 is 0 Å². The van der Waals surface area contributed by atoms with Crippen LogP contribution in [-0.2, 0) is 0 Å². The van der Waals surface area contributed by atoms with E-state index in [1.54, 1.807) is 50.8 Å². The minimum atomic E-state index is -1.34. The number of anilines is 1. The van der Waals surface area contributed by atoms with Gasteiger partial charge in [0.25, 0.3) is 0 Å². The van der Waals surface area contributed by atoms with E-state index in [2.05, 4.69) is 15.5 Å². The maximum atomic E-state index is 12.3. The summed E-state index contributed by atoms with van der Waals surface area (Å²) in [5.41, 5.74) is 3.65. The number of fused-ring (bicyclic) bond motifs is 1. The van der Waals surface area contributed by atoms with Gasteiger partial charge in [0, 0.05) is 0 Å². The molecule has 38 heavy (non-hydrogen) atoms. The molecule has 0 unspecified atom stereocenters. The van der Waals surface area contributed by atoms with Gasteiger partial charge in [-0.3, -0.25) is 0 Å². The summed E-state index contributed by atoms with van der Waals surface area (Å²) in [4.78, 5) is 24.5. The van der Waals surface area contributed by atoms with Gasteiger partial charge in [-0.05, 0) is 0 Å². The Morgan fingerprint density at radius 2 is 1.18 bits per heavy atom. The van der Waals surface area contributed by atoms with Crippen LogP contribution in [0, 0.1) is 0 Å². The molecule has 3 N–H and O–H groups in total. The molecule has 0 bridgehead atoms. The monoisotopic (exact) mass is 541 g/mol. The SMILES string of the molecule is O=c1[nH][nH]c(=O)c2c(NCCCCCC[PH](C3CCCCC3)(C3CCCCC3)C3CCCCC3)cccc12. The Hall–Kier alpha value is -1.61.